The normalized spacial score (nSPS) is 20.3. The largest absolute Gasteiger partial charge is 0.333 e. The number of fused-ring (bicyclic) bond motifs is 1. The second kappa shape index (κ2) is 4.42. The zero-order chi connectivity index (χ0) is 12.5. The maximum absolute atomic E-state index is 12.4. The van der Waals surface area contributed by atoms with Crippen LogP contribution < -0.4 is 5.32 Å². The number of aromatic amines is 1. The zero-order valence-electron chi connectivity index (χ0n) is 10.3. The van der Waals surface area contributed by atoms with Crippen LogP contribution in [0.5, 0.6) is 0 Å². The van der Waals surface area contributed by atoms with Gasteiger partial charge in [-0.15, -0.1) is 0 Å². The molecule has 2 aromatic rings. The first kappa shape index (κ1) is 11.2. The van der Waals surface area contributed by atoms with E-state index in [0.29, 0.717) is 0 Å². The summed E-state index contributed by atoms with van der Waals surface area (Å²) in [5, 5.41) is 11.1. The van der Waals surface area contributed by atoms with Crippen molar-refractivity contribution in [3.63, 3.8) is 0 Å². The van der Waals surface area contributed by atoms with Crippen molar-refractivity contribution in [1.29, 1.82) is 0 Å². The summed E-state index contributed by atoms with van der Waals surface area (Å²) in [5.74, 6) is 0.104. The third-order valence-corrected chi connectivity index (χ3v) is 3.45. The SMILES string of the molecule is C[C@@H]1CNCCN1C(=O)c1ccc2[nH]ncc2c1. The predicted molar refractivity (Wildman–Crippen MR) is 69.5 cm³/mol. The van der Waals surface area contributed by atoms with Crippen molar-refractivity contribution < 1.29 is 4.79 Å². The van der Waals surface area contributed by atoms with Crippen molar-refractivity contribution in [2.24, 2.45) is 0 Å². The Kier molecular flexibility index (Phi) is 2.76. The first-order valence-electron chi connectivity index (χ1n) is 6.20. The molecule has 0 aliphatic carbocycles. The lowest BCUT2D eigenvalue weighted by Crippen LogP contribution is -2.52. The van der Waals surface area contributed by atoms with Gasteiger partial charge in [-0.2, -0.15) is 5.10 Å². The number of H-pyrrole nitrogens is 1. The molecular formula is C13H16N4O. The minimum atomic E-state index is 0.104. The van der Waals surface area contributed by atoms with Crippen molar-refractivity contribution in [3.05, 3.63) is 30.0 Å². The number of nitrogens with one attached hydrogen (secondary N) is 2. The van der Waals surface area contributed by atoms with E-state index in [1.165, 1.54) is 0 Å². The van der Waals surface area contributed by atoms with Crippen LogP contribution in [-0.2, 0) is 0 Å². The molecule has 0 unspecified atom stereocenters. The van der Waals surface area contributed by atoms with E-state index in [1.807, 2.05) is 23.1 Å². The lowest BCUT2D eigenvalue weighted by Gasteiger charge is -2.34. The molecule has 0 spiro atoms. The molecule has 0 bridgehead atoms. The molecule has 1 aliphatic rings. The second-order valence-electron chi connectivity index (χ2n) is 4.72. The third kappa shape index (κ3) is 1.86. The summed E-state index contributed by atoms with van der Waals surface area (Å²) in [6.45, 7) is 4.56. The summed E-state index contributed by atoms with van der Waals surface area (Å²) in [6.07, 6.45) is 1.74. The van der Waals surface area contributed by atoms with E-state index >= 15 is 0 Å². The van der Waals surface area contributed by atoms with E-state index in [1.54, 1.807) is 6.20 Å². The van der Waals surface area contributed by atoms with Crippen molar-refractivity contribution in [2.75, 3.05) is 19.6 Å². The van der Waals surface area contributed by atoms with Gasteiger partial charge in [-0.3, -0.25) is 9.89 Å². The molecule has 2 N–H and O–H groups in total. The van der Waals surface area contributed by atoms with Crippen LogP contribution >= 0.6 is 0 Å². The molecule has 1 aromatic heterocycles. The lowest BCUT2D eigenvalue weighted by molar-refractivity contribution is 0.0656. The van der Waals surface area contributed by atoms with Crippen molar-refractivity contribution in [2.45, 2.75) is 13.0 Å². The quantitative estimate of drug-likeness (QED) is 0.786. The average molecular weight is 244 g/mol. The third-order valence-electron chi connectivity index (χ3n) is 3.45. The Morgan fingerprint density at radius 3 is 3.22 bits per heavy atom. The van der Waals surface area contributed by atoms with Crippen LogP contribution in [0.1, 0.15) is 17.3 Å². The van der Waals surface area contributed by atoms with Crippen LogP contribution in [0, 0.1) is 0 Å². The molecule has 0 saturated carbocycles. The fourth-order valence-corrected chi connectivity index (χ4v) is 2.38. The molecule has 5 nitrogen and oxygen atoms in total. The van der Waals surface area contributed by atoms with Crippen molar-refractivity contribution in [1.82, 2.24) is 20.4 Å². The molecule has 1 saturated heterocycles. The summed E-state index contributed by atoms with van der Waals surface area (Å²) >= 11 is 0. The maximum atomic E-state index is 12.4. The molecule has 2 heterocycles. The monoisotopic (exact) mass is 244 g/mol. The van der Waals surface area contributed by atoms with Gasteiger partial charge in [0.25, 0.3) is 5.91 Å². The van der Waals surface area contributed by atoms with Gasteiger partial charge in [0.05, 0.1) is 11.7 Å². The Morgan fingerprint density at radius 2 is 2.39 bits per heavy atom. The molecule has 3 rings (SSSR count). The first-order chi connectivity index (χ1) is 8.75. The van der Waals surface area contributed by atoms with Crippen LogP contribution in [0.2, 0.25) is 0 Å². The standard InChI is InChI=1S/C13H16N4O/c1-9-7-14-4-5-17(9)13(18)10-2-3-12-11(6-10)8-15-16-12/h2-3,6,8-9,14H,4-5,7H2,1H3,(H,15,16)/t9-/m1/s1. The highest BCUT2D eigenvalue weighted by molar-refractivity contribution is 5.98. The molecule has 0 radical (unpaired) electrons. The highest BCUT2D eigenvalue weighted by Gasteiger charge is 2.24. The van der Waals surface area contributed by atoms with E-state index in [2.05, 4.69) is 22.4 Å². The van der Waals surface area contributed by atoms with E-state index in [0.717, 1.165) is 36.1 Å². The summed E-state index contributed by atoms with van der Waals surface area (Å²) in [6, 6.07) is 5.90. The Hall–Kier alpha value is -1.88. The molecule has 1 amide bonds. The second-order valence-corrected chi connectivity index (χ2v) is 4.72. The first-order valence-corrected chi connectivity index (χ1v) is 6.20. The van der Waals surface area contributed by atoms with Gasteiger partial charge in [0.2, 0.25) is 0 Å². The van der Waals surface area contributed by atoms with Gasteiger partial charge in [0.15, 0.2) is 0 Å². The van der Waals surface area contributed by atoms with Gasteiger partial charge >= 0.3 is 0 Å². The molecule has 1 fully saturated rings. The van der Waals surface area contributed by atoms with Gasteiger partial charge < -0.3 is 10.2 Å². The van der Waals surface area contributed by atoms with Crippen molar-refractivity contribution in [3.8, 4) is 0 Å². The summed E-state index contributed by atoms with van der Waals surface area (Å²) < 4.78 is 0. The van der Waals surface area contributed by atoms with Gasteiger partial charge in [-0.25, -0.2) is 0 Å². The van der Waals surface area contributed by atoms with Crippen LogP contribution in [0.25, 0.3) is 10.9 Å². The number of benzene rings is 1. The Morgan fingerprint density at radius 1 is 1.50 bits per heavy atom. The van der Waals surface area contributed by atoms with E-state index in [4.69, 9.17) is 0 Å². The van der Waals surface area contributed by atoms with Crippen LogP contribution in [-0.4, -0.2) is 46.7 Å². The Bertz CT molecular complexity index is 577. The number of carbonyl (C=O) groups excluding carboxylic acids is 1. The highest BCUT2D eigenvalue weighted by Crippen LogP contribution is 2.16. The molecule has 1 aliphatic heterocycles. The fraction of sp³-hybridized carbons (Fsp3) is 0.385. The van der Waals surface area contributed by atoms with Gasteiger partial charge in [0.1, 0.15) is 0 Å². The number of amides is 1. The summed E-state index contributed by atoms with van der Waals surface area (Å²) in [5.41, 5.74) is 1.69. The fourth-order valence-electron chi connectivity index (χ4n) is 2.38. The van der Waals surface area contributed by atoms with E-state index in [-0.39, 0.29) is 11.9 Å². The molecule has 1 atom stereocenters. The number of nitrogens with zero attached hydrogens (tertiary/aromatic N) is 2. The molecule has 5 heteroatoms. The zero-order valence-corrected chi connectivity index (χ0v) is 10.3. The highest BCUT2D eigenvalue weighted by atomic mass is 16.2. The lowest BCUT2D eigenvalue weighted by atomic mass is 10.1. The number of hydrogen-bond donors (Lipinski definition) is 2. The predicted octanol–water partition coefficient (Wildman–Crippen LogP) is 0.997. The number of aromatic nitrogens is 2. The van der Waals surface area contributed by atoms with Crippen molar-refractivity contribution >= 4 is 16.8 Å². The van der Waals surface area contributed by atoms with Gasteiger partial charge in [-0.1, -0.05) is 0 Å². The van der Waals surface area contributed by atoms with Crippen LogP contribution in [0.4, 0.5) is 0 Å². The Balaban J connectivity index is 1.90. The van der Waals surface area contributed by atoms with Crippen LogP contribution in [0.3, 0.4) is 0 Å². The number of piperazine rings is 1. The summed E-state index contributed by atoms with van der Waals surface area (Å²) in [4.78, 5) is 14.4. The van der Waals surface area contributed by atoms with E-state index < -0.39 is 0 Å². The Labute approximate surface area is 105 Å². The summed E-state index contributed by atoms with van der Waals surface area (Å²) in [7, 11) is 0. The maximum Gasteiger partial charge on any atom is 0.254 e. The smallest absolute Gasteiger partial charge is 0.254 e. The number of carbonyl (C=O) groups is 1. The van der Waals surface area contributed by atoms with E-state index in [9.17, 15) is 4.79 Å². The number of rotatable bonds is 1. The average Bonchev–Trinajstić information content (AvgIpc) is 2.85. The molecule has 18 heavy (non-hydrogen) atoms. The van der Waals surface area contributed by atoms with Crippen LogP contribution in [0.15, 0.2) is 24.4 Å². The molecular weight excluding hydrogens is 228 g/mol. The molecule has 94 valence electrons. The van der Waals surface area contributed by atoms with Gasteiger partial charge in [0, 0.05) is 36.6 Å². The number of hydrogen-bond acceptors (Lipinski definition) is 3. The molecule has 1 aromatic carbocycles. The van der Waals surface area contributed by atoms with Gasteiger partial charge in [-0.05, 0) is 25.1 Å². The minimum absolute atomic E-state index is 0.104. The minimum Gasteiger partial charge on any atom is -0.333 e. The topological polar surface area (TPSA) is 61.0 Å².